The van der Waals surface area contributed by atoms with E-state index in [0.717, 1.165) is 77.6 Å². The van der Waals surface area contributed by atoms with E-state index >= 15 is 0 Å². The van der Waals surface area contributed by atoms with Gasteiger partial charge in [0.05, 0.1) is 22.1 Å². The molecule has 0 aliphatic rings. The summed E-state index contributed by atoms with van der Waals surface area (Å²) in [5.41, 5.74) is 13.1. The number of aryl methyl sites for hydroxylation is 4. The van der Waals surface area contributed by atoms with Crippen molar-refractivity contribution in [2.24, 2.45) is 0 Å². The minimum atomic E-state index is 0.0388. The summed E-state index contributed by atoms with van der Waals surface area (Å²) in [6, 6.07) is 49.3. The third kappa shape index (κ3) is 4.75. The quantitative estimate of drug-likeness (QED) is 0.165. The van der Waals surface area contributed by atoms with E-state index < -0.39 is 0 Å². The minimum Gasteiger partial charge on any atom is -0.309 e. The van der Waals surface area contributed by atoms with Gasteiger partial charge < -0.3 is 9.13 Å². The average Bonchev–Trinajstić information content (AvgIpc) is 3.68. The van der Waals surface area contributed by atoms with Crippen molar-refractivity contribution in [2.75, 3.05) is 0 Å². The van der Waals surface area contributed by atoms with Gasteiger partial charge in [0.1, 0.15) is 0 Å². The van der Waals surface area contributed by atoms with E-state index in [1.807, 2.05) is 88.4 Å². The number of rotatable bonds is 6. The Morgan fingerprint density at radius 1 is 0.404 bits per heavy atom. The molecule has 0 aliphatic heterocycles. The van der Waals surface area contributed by atoms with E-state index in [4.69, 9.17) is 0 Å². The summed E-state index contributed by atoms with van der Waals surface area (Å²) in [7, 11) is 0. The Bertz CT molecular complexity index is 2860. The van der Waals surface area contributed by atoms with Gasteiger partial charge in [-0.15, -0.1) is 0 Å². The summed E-state index contributed by atoms with van der Waals surface area (Å²) in [5, 5.41) is 4.65. The number of para-hydroxylation sites is 2. The second-order valence-corrected chi connectivity index (χ2v) is 13.9. The molecule has 0 aliphatic carbocycles. The monoisotopic (exact) mass is 672 g/mol. The van der Waals surface area contributed by atoms with Crippen molar-refractivity contribution < 1.29 is 9.59 Å². The van der Waals surface area contributed by atoms with Crippen molar-refractivity contribution in [1.82, 2.24) is 9.13 Å². The highest BCUT2D eigenvalue weighted by Crippen LogP contribution is 2.42. The topological polar surface area (TPSA) is 44.0 Å². The molecule has 0 spiro atoms. The number of nitrogens with zero attached hydrogens (tertiary/aromatic N) is 2. The van der Waals surface area contributed by atoms with Crippen molar-refractivity contribution in [1.29, 1.82) is 0 Å². The van der Waals surface area contributed by atoms with Gasteiger partial charge in [0.25, 0.3) is 0 Å². The van der Waals surface area contributed by atoms with Gasteiger partial charge in [-0.2, -0.15) is 0 Å². The zero-order valence-corrected chi connectivity index (χ0v) is 29.6. The summed E-state index contributed by atoms with van der Waals surface area (Å²) in [5.74, 6) is 0.0783. The number of aromatic nitrogens is 2. The summed E-state index contributed by atoms with van der Waals surface area (Å²) >= 11 is 0. The fourth-order valence-corrected chi connectivity index (χ4v) is 8.38. The molecule has 0 fully saturated rings. The van der Waals surface area contributed by atoms with Crippen LogP contribution in [-0.2, 0) is 0 Å². The third-order valence-corrected chi connectivity index (χ3v) is 10.5. The smallest absolute Gasteiger partial charge is 0.193 e. The van der Waals surface area contributed by atoms with E-state index in [1.165, 1.54) is 10.8 Å². The molecule has 4 nitrogen and oxygen atoms in total. The van der Waals surface area contributed by atoms with Crippen LogP contribution in [0.1, 0.15) is 54.1 Å². The maximum atomic E-state index is 13.7. The van der Waals surface area contributed by atoms with Gasteiger partial charge in [-0.05, 0) is 92.4 Å². The minimum absolute atomic E-state index is 0.0388. The lowest BCUT2D eigenvalue weighted by atomic mass is 9.94. The Hall–Kier alpha value is -6.52. The molecule has 7 aromatic carbocycles. The Morgan fingerprint density at radius 3 is 1.35 bits per heavy atom. The highest BCUT2D eigenvalue weighted by molar-refractivity contribution is 6.26. The maximum Gasteiger partial charge on any atom is 0.193 e. The van der Waals surface area contributed by atoms with Crippen LogP contribution in [0.5, 0.6) is 0 Å². The van der Waals surface area contributed by atoms with E-state index in [-0.39, 0.29) is 11.6 Å². The Morgan fingerprint density at radius 2 is 0.827 bits per heavy atom. The summed E-state index contributed by atoms with van der Waals surface area (Å²) in [6.45, 7) is 8.15. The first-order valence-corrected chi connectivity index (χ1v) is 17.7. The summed E-state index contributed by atoms with van der Waals surface area (Å²) in [6.07, 6.45) is 0. The largest absolute Gasteiger partial charge is 0.309 e. The zero-order chi connectivity index (χ0) is 35.7. The fraction of sp³-hybridized carbons (Fsp3) is 0.0833. The molecule has 52 heavy (non-hydrogen) atoms. The number of hydrogen-bond acceptors (Lipinski definition) is 2. The highest BCUT2D eigenvalue weighted by Gasteiger charge is 2.23. The van der Waals surface area contributed by atoms with Crippen molar-refractivity contribution in [3.63, 3.8) is 0 Å². The predicted octanol–water partition coefficient (Wildman–Crippen LogP) is 11.6. The van der Waals surface area contributed by atoms with Gasteiger partial charge in [0.15, 0.2) is 11.6 Å². The number of hydrogen-bond donors (Lipinski definition) is 0. The number of ketones is 2. The molecule has 2 heterocycles. The number of fused-ring (bicyclic) bond motifs is 7. The van der Waals surface area contributed by atoms with E-state index in [2.05, 4.69) is 94.1 Å². The molecule has 0 saturated carbocycles. The van der Waals surface area contributed by atoms with Gasteiger partial charge in [-0.3, -0.25) is 9.59 Å². The molecule has 250 valence electrons. The molecular weight excluding hydrogens is 637 g/mol. The van der Waals surface area contributed by atoms with Crippen LogP contribution in [-0.4, -0.2) is 20.7 Å². The summed E-state index contributed by atoms with van der Waals surface area (Å²) in [4.78, 5) is 27.4. The third-order valence-electron chi connectivity index (χ3n) is 10.5. The average molecular weight is 673 g/mol. The number of carbonyl (C=O) groups excluding carboxylic acids is 2. The molecule has 9 rings (SSSR count). The first-order chi connectivity index (χ1) is 25.3. The van der Waals surface area contributed by atoms with Crippen molar-refractivity contribution >= 4 is 55.2 Å². The van der Waals surface area contributed by atoms with Crippen molar-refractivity contribution in [3.8, 4) is 11.4 Å². The van der Waals surface area contributed by atoms with Gasteiger partial charge in [0, 0.05) is 55.2 Å². The van der Waals surface area contributed by atoms with Gasteiger partial charge in [0.2, 0.25) is 0 Å². The second kappa shape index (κ2) is 12.1. The van der Waals surface area contributed by atoms with E-state index in [0.29, 0.717) is 11.1 Å². The van der Waals surface area contributed by atoms with Crippen molar-refractivity contribution in [2.45, 2.75) is 27.7 Å². The highest BCUT2D eigenvalue weighted by atomic mass is 16.1. The normalized spacial score (nSPS) is 11.6. The van der Waals surface area contributed by atoms with Crippen LogP contribution >= 0.6 is 0 Å². The second-order valence-electron chi connectivity index (χ2n) is 13.9. The molecule has 9 aromatic rings. The van der Waals surface area contributed by atoms with E-state index in [1.54, 1.807) is 0 Å². The first kappa shape index (κ1) is 31.5. The van der Waals surface area contributed by atoms with Crippen LogP contribution in [0.2, 0.25) is 0 Å². The zero-order valence-electron chi connectivity index (χ0n) is 29.6. The van der Waals surface area contributed by atoms with Gasteiger partial charge >= 0.3 is 0 Å². The predicted molar refractivity (Wildman–Crippen MR) is 214 cm³/mol. The number of carbonyl (C=O) groups is 2. The number of benzene rings is 7. The van der Waals surface area contributed by atoms with Crippen LogP contribution in [0.4, 0.5) is 0 Å². The molecule has 0 unspecified atom stereocenters. The van der Waals surface area contributed by atoms with Crippen LogP contribution < -0.4 is 0 Å². The Labute approximate surface area is 302 Å². The molecule has 0 amide bonds. The standard InChI is InChI=1S/C48H36N2O2/c1-29-25-35(26-30(2)43(29)47(51)33-15-7-5-8-16-33)49-41-22-14-12-20-39(41)45-42(49)24-23-38-37-19-11-13-21-40(37)50(46(38)45)36-27-31(3)44(32(4)28-36)48(52)34-17-9-6-10-18-34/h5-28H,1-4H3. The SMILES string of the molecule is Cc1cc(-n2c3ccccc3c3c2ccc2c4ccccc4n(-c4cc(C)c(C(=O)c5ccccc5)c(C)c4)c23)cc(C)c1C(=O)c1ccccc1. The fourth-order valence-electron chi connectivity index (χ4n) is 8.38. The van der Waals surface area contributed by atoms with Crippen LogP contribution in [0.25, 0.3) is 55.0 Å². The molecule has 2 aromatic heterocycles. The van der Waals surface area contributed by atoms with Gasteiger partial charge in [-0.25, -0.2) is 0 Å². The Balaban J connectivity index is 1.31. The molecule has 0 radical (unpaired) electrons. The van der Waals surface area contributed by atoms with E-state index in [9.17, 15) is 9.59 Å². The first-order valence-electron chi connectivity index (χ1n) is 17.7. The molecule has 0 N–H and O–H groups in total. The van der Waals surface area contributed by atoms with Crippen LogP contribution in [0, 0.1) is 27.7 Å². The van der Waals surface area contributed by atoms with Crippen LogP contribution in [0.15, 0.2) is 146 Å². The van der Waals surface area contributed by atoms with Gasteiger partial charge in [-0.1, -0.05) is 103 Å². The lowest BCUT2D eigenvalue weighted by Crippen LogP contribution is -2.08. The van der Waals surface area contributed by atoms with Crippen LogP contribution in [0.3, 0.4) is 0 Å². The molecule has 0 saturated heterocycles. The molecular formula is C48H36N2O2. The lowest BCUT2D eigenvalue weighted by Gasteiger charge is -2.16. The Kier molecular flexibility index (Phi) is 7.30. The maximum absolute atomic E-state index is 13.7. The molecule has 4 heteroatoms. The molecule has 0 atom stereocenters. The lowest BCUT2D eigenvalue weighted by molar-refractivity contribution is 0.102. The summed E-state index contributed by atoms with van der Waals surface area (Å²) < 4.78 is 4.71. The van der Waals surface area contributed by atoms with Crippen molar-refractivity contribution in [3.05, 3.63) is 190 Å². The molecule has 0 bridgehead atoms.